The van der Waals surface area contributed by atoms with Gasteiger partial charge in [-0.15, -0.1) is 0 Å². The minimum atomic E-state index is -1.32. The second kappa shape index (κ2) is 19.4. The highest BCUT2D eigenvalue weighted by Crippen LogP contribution is 2.07. The zero-order valence-corrected chi connectivity index (χ0v) is 22.7. The number of thioether (sulfide) groups is 2. The van der Waals surface area contributed by atoms with Gasteiger partial charge in [0, 0.05) is 13.0 Å². The minimum absolute atomic E-state index is 0.0766. The van der Waals surface area contributed by atoms with Crippen LogP contribution >= 0.6 is 23.5 Å². The van der Waals surface area contributed by atoms with Crippen LogP contribution in [0.1, 0.15) is 38.5 Å². The number of rotatable bonds is 20. The number of carbonyl (C=O) groups is 5. The number of carbonyl (C=O) groups excluding carboxylic acids is 3. The third-order valence-corrected chi connectivity index (χ3v) is 6.34. The molecule has 212 valence electrons. The van der Waals surface area contributed by atoms with Gasteiger partial charge in [0.15, 0.2) is 5.96 Å². The van der Waals surface area contributed by atoms with Crippen LogP contribution in [0.4, 0.5) is 0 Å². The minimum Gasteiger partial charge on any atom is -0.481 e. The number of nitrogens with one attached hydrogen (secondary N) is 3. The van der Waals surface area contributed by atoms with Gasteiger partial charge in [0.2, 0.25) is 17.7 Å². The van der Waals surface area contributed by atoms with Crippen LogP contribution in [0.3, 0.4) is 0 Å². The van der Waals surface area contributed by atoms with Crippen molar-refractivity contribution in [3.05, 3.63) is 0 Å². The lowest BCUT2D eigenvalue weighted by molar-refractivity contribution is -0.143. The summed E-state index contributed by atoms with van der Waals surface area (Å²) in [7, 11) is 0. The molecule has 0 radical (unpaired) electrons. The second-order valence-corrected chi connectivity index (χ2v) is 10.0. The van der Waals surface area contributed by atoms with E-state index in [-0.39, 0.29) is 38.2 Å². The molecule has 0 bridgehead atoms. The zero-order valence-electron chi connectivity index (χ0n) is 21.1. The molecule has 4 atom stereocenters. The number of carboxylic acids is 2. The van der Waals surface area contributed by atoms with Crippen LogP contribution in [0, 0.1) is 0 Å². The lowest BCUT2D eigenvalue weighted by Crippen LogP contribution is -2.57. The molecule has 14 nitrogen and oxygen atoms in total. The fraction of sp³-hybridized carbons (Fsp3) is 0.714. The Bertz CT molecular complexity index is 797. The first-order valence-corrected chi connectivity index (χ1v) is 14.4. The maximum atomic E-state index is 13.0. The first-order valence-electron chi connectivity index (χ1n) is 11.6. The van der Waals surface area contributed by atoms with Gasteiger partial charge in [0.25, 0.3) is 0 Å². The Morgan fingerprint density at radius 2 is 1.27 bits per heavy atom. The maximum absolute atomic E-state index is 13.0. The van der Waals surface area contributed by atoms with Crippen LogP contribution in [0.25, 0.3) is 0 Å². The summed E-state index contributed by atoms with van der Waals surface area (Å²) in [5.41, 5.74) is 16.4. The Morgan fingerprint density at radius 3 is 1.76 bits per heavy atom. The van der Waals surface area contributed by atoms with Crippen molar-refractivity contribution in [2.75, 3.05) is 30.6 Å². The first kappa shape index (κ1) is 34.3. The highest BCUT2D eigenvalue weighted by Gasteiger charge is 2.30. The summed E-state index contributed by atoms with van der Waals surface area (Å²) >= 11 is 2.84. The molecule has 0 rings (SSSR count). The molecule has 0 aliphatic carbocycles. The molecule has 11 N–H and O–H groups in total. The number of aliphatic carboxylic acids is 2. The number of hydrogen-bond donors (Lipinski definition) is 8. The van der Waals surface area contributed by atoms with Gasteiger partial charge in [0.05, 0.1) is 6.04 Å². The summed E-state index contributed by atoms with van der Waals surface area (Å²) in [4.78, 5) is 64.8. The molecule has 0 heterocycles. The Hall–Kier alpha value is -2.72. The van der Waals surface area contributed by atoms with Gasteiger partial charge in [0.1, 0.15) is 18.1 Å². The second-order valence-electron chi connectivity index (χ2n) is 8.07. The molecule has 0 aliphatic rings. The van der Waals surface area contributed by atoms with Gasteiger partial charge in [-0.3, -0.25) is 24.2 Å². The summed E-state index contributed by atoms with van der Waals surface area (Å²) in [6.45, 7) is 0.286. The maximum Gasteiger partial charge on any atom is 0.326 e. The van der Waals surface area contributed by atoms with Crippen LogP contribution in [0.15, 0.2) is 4.99 Å². The van der Waals surface area contributed by atoms with Crippen molar-refractivity contribution >= 4 is 59.1 Å². The number of nitrogens with two attached hydrogens (primary N) is 3. The number of hydrogen-bond acceptors (Lipinski definition) is 9. The van der Waals surface area contributed by atoms with Gasteiger partial charge in [-0.1, -0.05) is 0 Å². The van der Waals surface area contributed by atoms with E-state index in [1.54, 1.807) is 6.26 Å². The largest absolute Gasteiger partial charge is 0.481 e. The normalized spacial score (nSPS) is 13.9. The molecule has 0 saturated heterocycles. The van der Waals surface area contributed by atoms with Gasteiger partial charge in [-0.05, 0) is 56.1 Å². The molecule has 0 aromatic carbocycles. The summed E-state index contributed by atoms with van der Waals surface area (Å²) in [6, 6.07) is -4.50. The van der Waals surface area contributed by atoms with E-state index in [2.05, 4.69) is 20.9 Å². The molecule has 4 unspecified atom stereocenters. The molecule has 0 aromatic rings. The summed E-state index contributed by atoms with van der Waals surface area (Å²) in [5, 5.41) is 25.8. The van der Waals surface area contributed by atoms with E-state index < -0.39 is 60.2 Å². The van der Waals surface area contributed by atoms with E-state index in [0.717, 1.165) is 0 Å². The van der Waals surface area contributed by atoms with Gasteiger partial charge >= 0.3 is 11.9 Å². The fourth-order valence-corrected chi connectivity index (χ4v) is 3.95. The molecule has 0 spiro atoms. The third-order valence-electron chi connectivity index (χ3n) is 5.05. The topological polar surface area (TPSA) is 252 Å². The standard InChI is InChI=1S/C21H39N7O7S2/c1-36-10-7-14(26-17(31)12(22)4-3-9-25-21(23)24)19(33)27-13(5-6-16(29)30)18(32)28-15(20(34)35)8-11-37-2/h12-15H,3-11,22H2,1-2H3,(H,26,31)(H,27,33)(H,28,32)(H,29,30)(H,34,35)(H4,23,24,25). The number of aliphatic imine (C=N–C) groups is 1. The molecular formula is C21H39N7O7S2. The lowest BCUT2D eigenvalue weighted by atomic mass is 10.1. The van der Waals surface area contributed by atoms with Crippen molar-refractivity contribution in [2.45, 2.75) is 62.7 Å². The van der Waals surface area contributed by atoms with Crippen molar-refractivity contribution in [1.29, 1.82) is 0 Å². The number of amides is 3. The average molecular weight is 566 g/mol. The van der Waals surface area contributed by atoms with Crippen molar-refractivity contribution in [3.63, 3.8) is 0 Å². The fourth-order valence-electron chi connectivity index (χ4n) is 3.01. The quantitative estimate of drug-likeness (QED) is 0.0466. The molecule has 0 saturated carbocycles. The highest BCUT2D eigenvalue weighted by molar-refractivity contribution is 7.98. The molecule has 0 aromatic heterocycles. The Kier molecular flexibility index (Phi) is 18.0. The van der Waals surface area contributed by atoms with Crippen molar-refractivity contribution < 1.29 is 34.2 Å². The van der Waals surface area contributed by atoms with E-state index in [4.69, 9.17) is 22.3 Å². The van der Waals surface area contributed by atoms with E-state index in [1.165, 1.54) is 23.5 Å². The summed E-state index contributed by atoms with van der Waals surface area (Å²) in [5.74, 6) is -3.66. The molecule has 0 aliphatic heterocycles. The van der Waals surface area contributed by atoms with Crippen molar-refractivity contribution in [1.82, 2.24) is 16.0 Å². The zero-order chi connectivity index (χ0) is 28.4. The predicted molar refractivity (Wildman–Crippen MR) is 144 cm³/mol. The Morgan fingerprint density at radius 1 is 0.784 bits per heavy atom. The third kappa shape index (κ3) is 15.9. The average Bonchev–Trinajstić information content (AvgIpc) is 2.83. The highest BCUT2D eigenvalue weighted by atomic mass is 32.2. The SMILES string of the molecule is CSCCC(NC(=O)C(CCC(=O)O)NC(=O)C(CCSC)NC(=O)C(N)CCCN=C(N)N)C(=O)O. The molecule has 16 heteroatoms. The Labute approximate surface area is 224 Å². The van der Waals surface area contributed by atoms with E-state index in [0.29, 0.717) is 17.9 Å². The van der Waals surface area contributed by atoms with Crippen LogP contribution in [0.2, 0.25) is 0 Å². The number of nitrogens with zero attached hydrogens (tertiary/aromatic N) is 1. The summed E-state index contributed by atoms with van der Waals surface area (Å²) in [6.07, 6.45) is 3.96. The Balaban J connectivity index is 5.41. The number of guanidine groups is 1. The monoisotopic (exact) mass is 565 g/mol. The predicted octanol–water partition coefficient (Wildman–Crippen LogP) is -1.72. The molecular weight excluding hydrogens is 526 g/mol. The lowest BCUT2D eigenvalue weighted by Gasteiger charge is -2.25. The van der Waals surface area contributed by atoms with Crippen LogP contribution in [-0.2, 0) is 24.0 Å². The van der Waals surface area contributed by atoms with Gasteiger partial charge in [-0.2, -0.15) is 23.5 Å². The summed E-state index contributed by atoms with van der Waals surface area (Å²) < 4.78 is 0. The molecule has 37 heavy (non-hydrogen) atoms. The van der Waals surface area contributed by atoms with Gasteiger partial charge < -0.3 is 43.4 Å². The molecule has 3 amide bonds. The smallest absolute Gasteiger partial charge is 0.326 e. The van der Waals surface area contributed by atoms with Crippen LogP contribution < -0.4 is 33.2 Å². The van der Waals surface area contributed by atoms with Crippen LogP contribution in [0.5, 0.6) is 0 Å². The van der Waals surface area contributed by atoms with Crippen LogP contribution in [-0.4, -0.2) is 101 Å². The van der Waals surface area contributed by atoms with E-state index in [1.807, 2.05) is 6.26 Å². The van der Waals surface area contributed by atoms with Crippen molar-refractivity contribution in [3.8, 4) is 0 Å². The number of carboxylic acid groups (broad SMARTS) is 2. The van der Waals surface area contributed by atoms with Gasteiger partial charge in [-0.25, -0.2) is 4.79 Å². The van der Waals surface area contributed by atoms with E-state index >= 15 is 0 Å². The first-order chi connectivity index (χ1) is 17.4. The molecule has 0 fully saturated rings. The van der Waals surface area contributed by atoms with E-state index in [9.17, 15) is 29.1 Å². The van der Waals surface area contributed by atoms with Crippen molar-refractivity contribution in [2.24, 2.45) is 22.2 Å².